The number of para-hydroxylation sites is 1. The van der Waals surface area contributed by atoms with Crippen LogP contribution in [-0.4, -0.2) is 45.0 Å². The van der Waals surface area contributed by atoms with Crippen molar-refractivity contribution in [3.8, 4) is 11.5 Å². The van der Waals surface area contributed by atoms with Gasteiger partial charge in [0.2, 0.25) is 0 Å². The lowest BCUT2D eigenvalue weighted by atomic mass is 10.1. The summed E-state index contributed by atoms with van der Waals surface area (Å²) >= 11 is 3.40. The Labute approximate surface area is 170 Å². The number of nitrogens with one attached hydrogen (secondary N) is 1. The van der Waals surface area contributed by atoms with Crippen LogP contribution in [0.3, 0.4) is 0 Å². The average Bonchev–Trinajstić information content (AvgIpc) is 3.13. The van der Waals surface area contributed by atoms with Crippen LogP contribution in [0.1, 0.15) is 20.9 Å². The molecule has 0 fully saturated rings. The maximum absolute atomic E-state index is 12.8. The number of fused-ring (bicyclic) bond motifs is 1. The van der Waals surface area contributed by atoms with E-state index >= 15 is 0 Å². The van der Waals surface area contributed by atoms with Gasteiger partial charge in [-0.25, -0.2) is 0 Å². The minimum Gasteiger partial charge on any atom is -0.493 e. The molecule has 8 heteroatoms. The van der Waals surface area contributed by atoms with Gasteiger partial charge in [-0.15, -0.1) is 0 Å². The summed E-state index contributed by atoms with van der Waals surface area (Å²) in [5.74, 6) is 0.130. The molecule has 0 saturated heterocycles. The average molecular weight is 447 g/mol. The van der Waals surface area contributed by atoms with Crippen LogP contribution in [0.4, 0.5) is 5.69 Å². The molecule has 0 aliphatic heterocycles. The number of nitrogens with zero attached hydrogens (tertiary/aromatic N) is 1. The number of benzene rings is 2. The zero-order chi connectivity index (χ0) is 20.4. The molecule has 3 aromatic rings. The van der Waals surface area contributed by atoms with Crippen molar-refractivity contribution in [3.63, 3.8) is 0 Å². The van der Waals surface area contributed by atoms with E-state index in [1.54, 1.807) is 26.2 Å². The van der Waals surface area contributed by atoms with Crippen LogP contribution in [0, 0.1) is 0 Å². The van der Waals surface area contributed by atoms with E-state index in [4.69, 9.17) is 13.9 Å². The minimum atomic E-state index is -0.483. The minimum absolute atomic E-state index is 0.125. The first-order chi connectivity index (χ1) is 13.3. The Morgan fingerprint density at radius 1 is 1.07 bits per heavy atom. The number of furan rings is 1. The second kappa shape index (κ2) is 7.93. The van der Waals surface area contributed by atoms with Crippen LogP contribution >= 0.6 is 15.9 Å². The molecule has 0 aliphatic carbocycles. The first kappa shape index (κ1) is 19.8. The van der Waals surface area contributed by atoms with Gasteiger partial charge < -0.3 is 24.1 Å². The van der Waals surface area contributed by atoms with Crippen LogP contribution in [0.25, 0.3) is 11.0 Å². The fourth-order valence-electron chi connectivity index (χ4n) is 2.72. The molecule has 28 heavy (non-hydrogen) atoms. The summed E-state index contributed by atoms with van der Waals surface area (Å²) in [7, 11) is 6.21. The fraction of sp³-hybridized carbons (Fsp3) is 0.200. The van der Waals surface area contributed by atoms with E-state index in [0.717, 1.165) is 9.86 Å². The van der Waals surface area contributed by atoms with Gasteiger partial charge in [-0.2, -0.15) is 0 Å². The van der Waals surface area contributed by atoms with Gasteiger partial charge in [0.1, 0.15) is 5.58 Å². The monoisotopic (exact) mass is 446 g/mol. The van der Waals surface area contributed by atoms with Crippen LogP contribution in [-0.2, 0) is 0 Å². The Morgan fingerprint density at radius 3 is 2.36 bits per heavy atom. The van der Waals surface area contributed by atoms with Gasteiger partial charge >= 0.3 is 0 Å². The largest absolute Gasteiger partial charge is 0.493 e. The first-order valence-electron chi connectivity index (χ1n) is 8.32. The highest BCUT2D eigenvalue weighted by Crippen LogP contribution is 2.34. The number of halogens is 1. The third kappa shape index (κ3) is 3.68. The molecule has 3 rings (SSSR count). The van der Waals surface area contributed by atoms with E-state index in [9.17, 15) is 9.59 Å². The lowest BCUT2D eigenvalue weighted by molar-refractivity contribution is 0.0828. The van der Waals surface area contributed by atoms with Gasteiger partial charge in [-0.3, -0.25) is 9.59 Å². The van der Waals surface area contributed by atoms with Crippen LogP contribution in [0.2, 0.25) is 0 Å². The predicted octanol–water partition coefficient (Wildman–Crippen LogP) is 4.17. The first-order valence-corrected chi connectivity index (χ1v) is 9.12. The molecule has 146 valence electrons. The summed E-state index contributed by atoms with van der Waals surface area (Å²) in [5.41, 5.74) is 1.14. The van der Waals surface area contributed by atoms with Crippen molar-refractivity contribution in [1.82, 2.24) is 4.90 Å². The lowest BCUT2D eigenvalue weighted by Crippen LogP contribution is -2.24. The molecule has 0 unspecified atom stereocenters. The summed E-state index contributed by atoms with van der Waals surface area (Å²) in [6.45, 7) is 0. The summed E-state index contributed by atoms with van der Waals surface area (Å²) in [6.07, 6.45) is 0. The molecule has 0 saturated carbocycles. The number of rotatable bonds is 5. The quantitative estimate of drug-likeness (QED) is 0.635. The number of anilines is 1. The maximum atomic E-state index is 12.8. The summed E-state index contributed by atoms with van der Waals surface area (Å²) in [5, 5.41) is 3.53. The number of methoxy groups -OCH3 is 2. The van der Waals surface area contributed by atoms with Gasteiger partial charge in [0.15, 0.2) is 17.3 Å². The van der Waals surface area contributed by atoms with Gasteiger partial charge in [0.25, 0.3) is 11.8 Å². The molecule has 0 atom stereocenters. The fourth-order valence-corrected chi connectivity index (χ4v) is 3.19. The molecule has 0 aliphatic rings. The summed E-state index contributed by atoms with van der Waals surface area (Å²) in [4.78, 5) is 26.8. The van der Waals surface area contributed by atoms with Crippen molar-refractivity contribution in [2.45, 2.75) is 0 Å². The molecule has 2 aromatic carbocycles. The highest BCUT2D eigenvalue weighted by molar-refractivity contribution is 9.10. The summed E-state index contributed by atoms with van der Waals surface area (Å²) in [6, 6.07) is 10.3. The van der Waals surface area contributed by atoms with Crippen molar-refractivity contribution >= 4 is 44.4 Å². The Hall–Kier alpha value is -3.00. The number of carbonyl (C=O) groups excluding carboxylic acids is 2. The van der Waals surface area contributed by atoms with Crippen LogP contribution in [0.5, 0.6) is 11.5 Å². The summed E-state index contributed by atoms with van der Waals surface area (Å²) < 4.78 is 17.0. The highest BCUT2D eigenvalue weighted by Gasteiger charge is 2.22. The third-order valence-corrected chi connectivity index (χ3v) is 4.75. The zero-order valence-corrected chi connectivity index (χ0v) is 17.4. The highest BCUT2D eigenvalue weighted by atomic mass is 79.9. The zero-order valence-electron chi connectivity index (χ0n) is 15.8. The van der Waals surface area contributed by atoms with E-state index in [2.05, 4.69) is 21.2 Å². The molecule has 0 spiro atoms. The number of ether oxygens (including phenoxy) is 2. The Morgan fingerprint density at radius 2 is 1.75 bits per heavy atom. The molecule has 1 N–H and O–H groups in total. The van der Waals surface area contributed by atoms with Crippen LogP contribution in [0.15, 0.2) is 45.3 Å². The van der Waals surface area contributed by atoms with Crippen molar-refractivity contribution in [2.24, 2.45) is 0 Å². The van der Waals surface area contributed by atoms with Gasteiger partial charge in [0, 0.05) is 25.5 Å². The van der Waals surface area contributed by atoms with E-state index in [0.29, 0.717) is 22.8 Å². The van der Waals surface area contributed by atoms with Gasteiger partial charge in [-0.1, -0.05) is 12.1 Å². The molecular weight excluding hydrogens is 428 g/mol. The van der Waals surface area contributed by atoms with Crippen molar-refractivity contribution in [1.29, 1.82) is 0 Å². The van der Waals surface area contributed by atoms with Gasteiger partial charge in [0.05, 0.1) is 29.9 Å². The Bertz CT molecular complexity index is 1060. The Balaban J connectivity index is 2.02. The molecular formula is C20H19BrN2O5. The molecule has 0 bridgehead atoms. The van der Waals surface area contributed by atoms with E-state index in [-0.39, 0.29) is 17.2 Å². The number of carbonyl (C=O) groups is 2. The standard InChI is InChI=1S/C20H19BrN2O5/c1-23(2)20(25)12-9-15(26-3)16(27-4)10-14(12)22-19(24)17-8-11-6-5-7-13(21)18(11)28-17/h5-10H,1-4H3,(H,22,24). The predicted molar refractivity (Wildman–Crippen MR) is 109 cm³/mol. The van der Waals surface area contributed by atoms with E-state index < -0.39 is 5.91 Å². The normalized spacial score (nSPS) is 10.6. The van der Waals surface area contributed by atoms with Gasteiger partial charge in [-0.05, 0) is 34.1 Å². The Kier molecular flexibility index (Phi) is 5.60. The lowest BCUT2D eigenvalue weighted by Gasteiger charge is -2.17. The maximum Gasteiger partial charge on any atom is 0.291 e. The molecule has 0 radical (unpaired) electrons. The van der Waals surface area contributed by atoms with Crippen molar-refractivity contribution in [2.75, 3.05) is 33.6 Å². The molecule has 1 heterocycles. The third-order valence-electron chi connectivity index (χ3n) is 4.13. The number of amides is 2. The smallest absolute Gasteiger partial charge is 0.291 e. The molecule has 7 nitrogen and oxygen atoms in total. The number of hydrogen-bond donors (Lipinski definition) is 1. The second-order valence-electron chi connectivity index (χ2n) is 6.18. The van der Waals surface area contributed by atoms with Crippen LogP contribution < -0.4 is 14.8 Å². The van der Waals surface area contributed by atoms with Crippen molar-refractivity contribution in [3.05, 3.63) is 52.2 Å². The SMILES string of the molecule is COc1cc(NC(=O)c2cc3cccc(Br)c3o2)c(C(=O)N(C)C)cc1OC. The number of hydrogen-bond acceptors (Lipinski definition) is 5. The van der Waals surface area contributed by atoms with E-state index in [1.165, 1.54) is 25.2 Å². The van der Waals surface area contributed by atoms with E-state index in [1.807, 2.05) is 18.2 Å². The topological polar surface area (TPSA) is 81.0 Å². The molecule has 1 aromatic heterocycles. The second-order valence-corrected chi connectivity index (χ2v) is 7.03. The van der Waals surface area contributed by atoms with Crippen molar-refractivity contribution < 1.29 is 23.5 Å². The molecule has 2 amide bonds.